The Labute approximate surface area is 93.0 Å². The van der Waals surface area contributed by atoms with Gasteiger partial charge < -0.3 is 10.7 Å². The fourth-order valence-corrected chi connectivity index (χ4v) is 2.39. The van der Waals surface area contributed by atoms with Gasteiger partial charge in [-0.15, -0.1) is 0 Å². The van der Waals surface area contributed by atoms with Crippen molar-refractivity contribution >= 4 is 22.9 Å². The molecule has 80 valence electrons. The van der Waals surface area contributed by atoms with Crippen LogP contribution in [0, 0.1) is 0 Å². The zero-order chi connectivity index (χ0) is 11.1. The van der Waals surface area contributed by atoms with Gasteiger partial charge in [0, 0.05) is 16.6 Å². The van der Waals surface area contributed by atoms with Crippen molar-refractivity contribution in [3.63, 3.8) is 0 Å². The largest absolute Gasteiger partial charge is 0.369 e. The Morgan fingerprint density at radius 2 is 2.19 bits per heavy atom. The number of primary amides is 1. The molecule has 3 heteroatoms. The van der Waals surface area contributed by atoms with Crippen molar-refractivity contribution in [2.75, 3.05) is 0 Å². The summed E-state index contributed by atoms with van der Waals surface area (Å²) >= 11 is 0. The van der Waals surface area contributed by atoms with Crippen LogP contribution in [0.1, 0.15) is 23.6 Å². The van der Waals surface area contributed by atoms with Crippen molar-refractivity contribution in [3.05, 3.63) is 41.6 Å². The zero-order valence-electron chi connectivity index (χ0n) is 8.73. The van der Waals surface area contributed by atoms with Crippen molar-refractivity contribution in [3.8, 4) is 0 Å². The van der Waals surface area contributed by atoms with Crippen LogP contribution in [0.3, 0.4) is 0 Å². The van der Waals surface area contributed by atoms with Crippen molar-refractivity contribution in [1.29, 1.82) is 0 Å². The number of H-pyrrole nitrogens is 1. The number of carbonyl (C=O) groups excluding carboxylic acids is 1. The Kier molecular flexibility index (Phi) is 1.86. The molecule has 3 N–H and O–H groups in total. The lowest BCUT2D eigenvalue weighted by Gasteiger charge is -2.15. The first-order chi connectivity index (χ1) is 7.77. The van der Waals surface area contributed by atoms with E-state index in [9.17, 15) is 4.79 Å². The van der Waals surface area contributed by atoms with Gasteiger partial charge >= 0.3 is 0 Å². The molecule has 1 aliphatic carbocycles. The van der Waals surface area contributed by atoms with E-state index in [-0.39, 0.29) is 11.8 Å². The maximum Gasteiger partial charge on any atom is 0.225 e. The number of aromatic amines is 1. The molecule has 16 heavy (non-hydrogen) atoms. The summed E-state index contributed by atoms with van der Waals surface area (Å²) in [5.41, 5.74) is 8.56. The molecule has 1 aromatic carbocycles. The standard InChI is InChI=1S/C13H12N2O/c14-13(16)9-5-3-7-11-12(9)8-4-1-2-6-10(8)15-11/h1-4,6-7,9,15H,5H2,(H2,14,16). The van der Waals surface area contributed by atoms with Gasteiger partial charge in [-0.2, -0.15) is 0 Å². The third kappa shape index (κ3) is 1.18. The molecule has 0 radical (unpaired) electrons. The molecule has 1 amide bonds. The SMILES string of the molecule is NC(=O)C1CC=Cc2[nH]c3ccccc3c21. The van der Waals surface area contributed by atoms with Gasteiger partial charge in [-0.3, -0.25) is 4.79 Å². The summed E-state index contributed by atoms with van der Waals surface area (Å²) in [6, 6.07) is 8.00. The first-order valence-corrected chi connectivity index (χ1v) is 5.34. The van der Waals surface area contributed by atoms with E-state index < -0.39 is 0 Å². The van der Waals surface area contributed by atoms with Crippen molar-refractivity contribution in [2.45, 2.75) is 12.3 Å². The first-order valence-electron chi connectivity index (χ1n) is 5.34. The van der Waals surface area contributed by atoms with Crippen LogP contribution >= 0.6 is 0 Å². The maximum absolute atomic E-state index is 11.4. The monoisotopic (exact) mass is 212 g/mol. The highest BCUT2D eigenvalue weighted by Crippen LogP contribution is 2.35. The van der Waals surface area contributed by atoms with E-state index in [1.54, 1.807) is 0 Å². The number of rotatable bonds is 1. The second kappa shape index (κ2) is 3.23. The molecule has 3 nitrogen and oxygen atoms in total. The highest BCUT2D eigenvalue weighted by Gasteiger charge is 2.25. The molecule has 3 rings (SSSR count). The molecule has 0 bridgehead atoms. The fraction of sp³-hybridized carbons (Fsp3) is 0.154. The Hall–Kier alpha value is -2.03. The molecule has 1 heterocycles. The predicted molar refractivity (Wildman–Crippen MR) is 63.9 cm³/mol. The summed E-state index contributed by atoms with van der Waals surface area (Å²) in [6.07, 6.45) is 4.71. The van der Waals surface area contributed by atoms with Crippen LogP contribution in [0.2, 0.25) is 0 Å². The van der Waals surface area contributed by atoms with Gasteiger partial charge in [0.15, 0.2) is 0 Å². The van der Waals surface area contributed by atoms with Gasteiger partial charge in [0.25, 0.3) is 0 Å². The predicted octanol–water partition coefficient (Wildman–Crippen LogP) is 2.15. The van der Waals surface area contributed by atoms with Gasteiger partial charge in [-0.25, -0.2) is 0 Å². The fourth-order valence-electron chi connectivity index (χ4n) is 2.39. The minimum Gasteiger partial charge on any atom is -0.369 e. The summed E-state index contributed by atoms with van der Waals surface area (Å²) in [4.78, 5) is 14.7. The number of carbonyl (C=O) groups is 1. The Morgan fingerprint density at radius 1 is 1.38 bits per heavy atom. The quantitative estimate of drug-likeness (QED) is 0.747. The van der Waals surface area contributed by atoms with Crippen molar-refractivity contribution in [2.24, 2.45) is 5.73 Å². The van der Waals surface area contributed by atoms with E-state index in [1.807, 2.05) is 36.4 Å². The number of hydrogen-bond acceptors (Lipinski definition) is 1. The number of aromatic nitrogens is 1. The van der Waals surface area contributed by atoms with Gasteiger partial charge in [-0.05, 0) is 24.1 Å². The maximum atomic E-state index is 11.4. The molecule has 0 aliphatic heterocycles. The van der Waals surface area contributed by atoms with Crippen LogP contribution in [-0.4, -0.2) is 10.9 Å². The molecule has 0 saturated heterocycles. The Morgan fingerprint density at radius 3 is 3.00 bits per heavy atom. The molecule has 1 aliphatic rings. The minimum absolute atomic E-state index is 0.198. The molecule has 1 unspecified atom stereocenters. The molecule has 1 atom stereocenters. The van der Waals surface area contributed by atoms with Crippen LogP contribution in [0.4, 0.5) is 0 Å². The molecule has 2 aromatic rings. The number of nitrogens with one attached hydrogen (secondary N) is 1. The van der Waals surface area contributed by atoms with Crippen molar-refractivity contribution < 1.29 is 4.79 Å². The molecule has 0 saturated carbocycles. The summed E-state index contributed by atoms with van der Waals surface area (Å²) in [7, 11) is 0. The Bertz CT molecular complexity index is 595. The van der Waals surface area contributed by atoms with E-state index in [0.29, 0.717) is 6.42 Å². The third-order valence-corrected chi connectivity index (χ3v) is 3.12. The summed E-state index contributed by atoms with van der Waals surface area (Å²) in [5.74, 6) is -0.452. The second-order valence-electron chi connectivity index (χ2n) is 4.09. The van der Waals surface area contributed by atoms with E-state index in [4.69, 9.17) is 5.73 Å². The lowest BCUT2D eigenvalue weighted by molar-refractivity contribution is -0.119. The summed E-state index contributed by atoms with van der Waals surface area (Å²) in [5, 5.41) is 1.10. The minimum atomic E-state index is -0.254. The number of benzene rings is 1. The number of nitrogens with two attached hydrogens (primary N) is 1. The van der Waals surface area contributed by atoms with Gasteiger partial charge in [0.2, 0.25) is 5.91 Å². The van der Waals surface area contributed by atoms with Crippen LogP contribution in [-0.2, 0) is 4.79 Å². The van der Waals surface area contributed by atoms with Gasteiger partial charge in [0.05, 0.1) is 5.92 Å². The number of hydrogen-bond donors (Lipinski definition) is 2. The third-order valence-electron chi connectivity index (χ3n) is 3.12. The van der Waals surface area contributed by atoms with Crippen molar-refractivity contribution in [1.82, 2.24) is 4.98 Å². The highest BCUT2D eigenvalue weighted by molar-refractivity contribution is 5.95. The molecule has 1 aromatic heterocycles. The van der Waals surface area contributed by atoms with Gasteiger partial charge in [0.1, 0.15) is 0 Å². The van der Waals surface area contributed by atoms with Crippen LogP contribution < -0.4 is 5.73 Å². The zero-order valence-corrected chi connectivity index (χ0v) is 8.73. The number of fused-ring (bicyclic) bond motifs is 3. The van der Waals surface area contributed by atoms with Crippen LogP contribution in [0.5, 0.6) is 0 Å². The summed E-state index contributed by atoms with van der Waals surface area (Å²) in [6.45, 7) is 0. The average Bonchev–Trinajstić information content (AvgIpc) is 2.66. The van der Waals surface area contributed by atoms with Gasteiger partial charge in [-0.1, -0.05) is 24.3 Å². The molecule has 0 spiro atoms. The van der Waals surface area contributed by atoms with Crippen LogP contribution in [0.15, 0.2) is 30.3 Å². The highest BCUT2D eigenvalue weighted by atomic mass is 16.1. The lowest BCUT2D eigenvalue weighted by atomic mass is 9.88. The molecule has 0 fully saturated rings. The van der Waals surface area contributed by atoms with Crippen LogP contribution in [0.25, 0.3) is 17.0 Å². The average molecular weight is 212 g/mol. The molecular formula is C13H12N2O. The normalized spacial score (nSPS) is 18.6. The first kappa shape index (κ1) is 9.21. The Balaban J connectivity index is 2.33. The van der Waals surface area contributed by atoms with E-state index in [0.717, 1.165) is 22.2 Å². The number of allylic oxidation sites excluding steroid dienone is 1. The second-order valence-corrected chi connectivity index (χ2v) is 4.09. The topological polar surface area (TPSA) is 58.9 Å². The number of para-hydroxylation sites is 1. The smallest absolute Gasteiger partial charge is 0.225 e. The van der Waals surface area contributed by atoms with E-state index >= 15 is 0 Å². The lowest BCUT2D eigenvalue weighted by Crippen LogP contribution is -2.22. The summed E-state index contributed by atoms with van der Waals surface area (Å²) < 4.78 is 0. The van der Waals surface area contributed by atoms with E-state index in [1.165, 1.54) is 0 Å². The number of amides is 1. The molecular weight excluding hydrogens is 200 g/mol. The van der Waals surface area contributed by atoms with E-state index in [2.05, 4.69) is 4.98 Å².